The Kier molecular flexibility index (Phi) is 5.41. The fraction of sp³-hybridized carbons (Fsp3) is 0.105. The van der Waals surface area contributed by atoms with Crippen molar-refractivity contribution >= 4 is 34.0 Å². The van der Waals surface area contributed by atoms with Crippen molar-refractivity contribution in [2.24, 2.45) is 0 Å². The molecule has 0 bridgehead atoms. The molecule has 1 amide bonds. The lowest BCUT2D eigenvalue weighted by atomic mass is 10.1. The second-order valence-corrected chi connectivity index (χ2v) is 7.44. The molecule has 4 rings (SSSR count). The third-order valence-electron chi connectivity index (χ3n) is 4.07. The second-order valence-electron chi connectivity index (χ2n) is 5.97. The van der Waals surface area contributed by atoms with Crippen LogP contribution < -0.4 is 5.32 Å². The first kappa shape index (κ1) is 18.3. The number of amides is 1. The van der Waals surface area contributed by atoms with Crippen molar-refractivity contribution in [1.82, 2.24) is 25.0 Å². The van der Waals surface area contributed by atoms with Crippen LogP contribution in [0.3, 0.4) is 0 Å². The van der Waals surface area contributed by atoms with Crippen LogP contribution >= 0.6 is 22.9 Å². The van der Waals surface area contributed by atoms with Crippen LogP contribution in [0.25, 0.3) is 5.69 Å². The summed E-state index contributed by atoms with van der Waals surface area (Å²) in [6.07, 6.45) is 4.76. The summed E-state index contributed by atoms with van der Waals surface area (Å²) < 4.78 is 1.71. The molecular formula is C19H15ClN6OS. The molecule has 0 atom stereocenters. The maximum atomic E-state index is 12.5. The molecule has 1 N–H and O–H groups in total. The van der Waals surface area contributed by atoms with E-state index in [1.807, 2.05) is 18.2 Å². The van der Waals surface area contributed by atoms with E-state index in [1.54, 1.807) is 35.4 Å². The van der Waals surface area contributed by atoms with Gasteiger partial charge in [-0.3, -0.25) is 14.7 Å². The van der Waals surface area contributed by atoms with Gasteiger partial charge < -0.3 is 0 Å². The summed E-state index contributed by atoms with van der Waals surface area (Å²) in [7, 11) is 0. The van der Waals surface area contributed by atoms with Gasteiger partial charge in [-0.15, -0.1) is 20.4 Å². The van der Waals surface area contributed by atoms with Gasteiger partial charge in [0.05, 0.1) is 10.6 Å². The molecule has 2 aromatic heterocycles. The summed E-state index contributed by atoms with van der Waals surface area (Å²) >= 11 is 7.65. The van der Waals surface area contributed by atoms with Crippen LogP contribution in [0.5, 0.6) is 0 Å². The smallest absolute Gasteiger partial charge is 0.259 e. The van der Waals surface area contributed by atoms with E-state index < -0.39 is 0 Å². The van der Waals surface area contributed by atoms with E-state index in [4.69, 9.17) is 11.6 Å². The van der Waals surface area contributed by atoms with Crippen LogP contribution in [0.4, 0.5) is 5.13 Å². The lowest BCUT2D eigenvalue weighted by Gasteiger charge is -2.06. The lowest BCUT2D eigenvalue weighted by Crippen LogP contribution is -2.12. The van der Waals surface area contributed by atoms with Gasteiger partial charge in [0.2, 0.25) is 5.13 Å². The molecule has 0 saturated carbocycles. The van der Waals surface area contributed by atoms with Gasteiger partial charge in [-0.05, 0) is 30.2 Å². The maximum Gasteiger partial charge on any atom is 0.259 e. The zero-order valence-electron chi connectivity index (χ0n) is 14.6. The number of rotatable bonds is 6. The molecule has 0 saturated heterocycles. The SMILES string of the molecule is O=C(Nc1nnc(CCc2ccccc2)s1)c1ccc(-n2cnnc2)cc1Cl. The molecule has 140 valence electrons. The Hall–Kier alpha value is -3.10. The Labute approximate surface area is 170 Å². The number of nitrogens with one attached hydrogen (secondary N) is 1. The Bertz CT molecular complexity index is 1080. The largest absolute Gasteiger partial charge is 0.296 e. The summed E-state index contributed by atoms with van der Waals surface area (Å²) in [5.74, 6) is -0.328. The van der Waals surface area contributed by atoms with Crippen molar-refractivity contribution in [3.8, 4) is 5.69 Å². The van der Waals surface area contributed by atoms with Crippen LogP contribution in [-0.4, -0.2) is 30.9 Å². The van der Waals surface area contributed by atoms with E-state index >= 15 is 0 Å². The highest BCUT2D eigenvalue weighted by atomic mass is 35.5. The van der Waals surface area contributed by atoms with Crippen LogP contribution in [-0.2, 0) is 12.8 Å². The third-order valence-corrected chi connectivity index (χ3v) is 5.28. The molecule has 0 radical (unpaired) electrons. The van der Waals surface area contributed by atoms with Crippen molar-refractivity contribution in [2.75, 3.05) is 5.32 Å². The molecule has 9 heteroatoms. The van der Waals surface area contributed by atoms with E-state index in [9.17, 15) is 4.79 Å². The monoisotopic (exact) mass is 410 g/mol. The average Bonchev–Trinajstić information content (AvgIpc) is 3.39. The van der Waals surface area contributed by atoms with E-state index in [0.29, 0.717) is 15.7 Å². The summed E-state index contributed by atoms with van der Waals surface area (Å²) in [5.41, 5.74) is 2.37. The van der Waals surface area contributed by atoms with Gasteiger partial charge in [0.1, 0.15) is 17.7 Å². The van der Waals surface area contributed by atoms with Gasteiger partial charge >= 0.3 is 0 Å². The standard InChI is InChI=1S/C19H15ClN6OS/c20-16-10-14(26-11-21-22-12-26)7-8-15(16)18(27)23-19-25-24-17(28-19)9-6-13-4-2-1-3-5-13/h1-5,7-8,10-12H,6,9H2,(H,23,25,27). The second kappa shape index (κ2) is 8.28. The van der Waals surface area contributed by atoms with Crippen molar-refractivity contribution in [3.63, 3.8) is 0 Å². The van der Waals surface area contributed by atoms with Crippen molar-refractivity contribution in [1.29, 1.82) is 0 Å². The number of halogens is 1. The number of carbonyl (C=O) groups excluding carboxylic acids is 1. The van der Waals surface area contributed by atoms with Crippen LogP contribution in [0, 0.1) is 0 Å². The van der Waals surface area contributed by atoms with Crippen molar-refractivity contribution < 1.29 is 4.79 Å². The number of hydrogen-bond acceptors (Lipinski definition) is 6. The van der Waals surface area contributed by atoms with Gasteiger partial charge in [0.25, 0.3) is 5.91 Å². The van der Waals surface area contributed by atoms with E-state index in [-0.39, 0.29) is 5.91 Å². The fourth-order valence-corrected chi connectivity index (χ4v) is 3.64. The molecule has 7 nitrogen and oxygen atoms in total. The summed E-state index contributed by atoms with van der Waals surface area (Å²) in [6, 6.07) is 15.3. The quantitative estimate of drug-likeness (QED) is 0.522. The van der Waals surface area contributed by atoms with Gasteiger partial charge in [0, 0.05) is 12.1 Å². The van der Waals surface area contributed by atoms with Gasteiger partial charge in [-0.25, -0.2) is 0 Å². The minimum atomic E-state index is -0.328. The molecule has 0 fully saturated rings. The molecule has 0 aliphatic heterocycles. The highest BCUT2D eigenvalue weighted by Crippen LogP contribution is 2.23. The zero-order chi connectivity index (χ0) is 19.3. The first-order chi connectivity index (χ1) is 13.7. The first-order valence-electron chi connectivity index (χ1n) is 8.51. The normalized spacial score (nSPS) is 10.8. The number of nitrogens with zero attached hydrogens (tertiary/aromatic N) is 5. The molecule has 0 aliphatic carbocycles. The maximum absolute atomic E-state index is 12.5. The summed E-state index contributed by atoms with van der Waals surface area (Å²) in [4.78, 5) is 12.5. The Morgan fingerprint density at radius 2 is 1.82 bits per heavy atom. The topological polar surface area (TPSA) is 85.6 Å². The summed E-state index contributed by atoms with van der Waals surface area (Å²) in [5, 5.41) is 20.1. The first-order valence-corrected chi connectivity index (χ1v) is 9.71. The Balaban J connectivity index is 1.40. The zero-order valence-corrected chi connectivity index (χ0v) is 16.2. The van der Waals surface area contributed by atoms with Crippen LogP contribution in [0.2, 0.25) is 5.02 Å². The fourth-order valence-electron chi connectivity index (χ4n) is 2.65. The molecule has 0 spiro atoms. The highest BCUT2D eigenvalue weighted by molar-refractivity contribution is 7.15. The molecule has 0 aliphatic rings. The average molecular weight is 411 g/mol. The Morgan fingerprint density at radius 1 is 1.04 bits per heavy atom. The number of hydrogen-bond donors (Lipinski definition) is 1. The van der Waals surface area contributed by atoms with Crippen molar-refractivity contribution in [2.45, 2.75) is 12.8 Å². The van der Waals surface area contributed by atoms with Crippen LogP contribution in [0.1, 0.15) is 20.9 Å². The minimum absolute atomic E-state index is 0.328. The number of aromatic nitrogens is 5. The van der Waals surface area contributed by atoms with Gasteiger partial charge in [-0.2, -0.15) is 0 Å². The van der Waals surface area contributed by atoms with E-state index in [2.05, 4.69) is 37.8 Å². The molecule has 2 heterocycles. The third kappa shape index (κ3) is 4.24. The van der Waals surface area contributed by atoms with Gasteiger partial charge in [0.15, 0.2) is 0 Å². The molecule has 28 heavy (non-hydrogen) atoms. The van der Waals surface area contributed by atoms with Gasteiger partial charge in [-0.1, -0.05) is 53.3 Å². The molecular weight excluding hydrogens is 396 g/mol. The molecule has 4 aromatic rings. The number of anilines is 1. The number of aryl methyl sites for hydroxylation is 2. The minimum Gasteiger partial charge on any atom is -0.296 e. The summed E-state index contributed by atoms with van der Waals surface area (Å²) in [6.45, 7) is 0. The number of carbonyl (C=O) groups is 1. The van der Waals surface area contributed by atoms with Crippen molar-refractivity contribution in [3.05, 3.63) is 82.3 Å². The lowest BCUT2D eigenvalue weighted by molar-refractivity contribution is 0.102. The van der Waals surface area contributed by atoms with Crippen LogP contribution in [0.15, 0.2) is 61.2 Å². The number of benzene rings is 2. The molecule has 0 unspecified atom stereocenters. The molecule has 2 aromatic carbocycles. The Morgan fingerprint density at radius 3 is 2.57 bits per heavy atom. The highest BCUT2D eigenvalue weighted by Gasteiger charge is 2.14. The predicted octanol–water partition coefficient (Wildman–Crippen LogP) is 3.81. The van der Waals surface area contributed by atoms with E-state index in [1.165, 1.54) is 16.9 Å². The van der Waals surface area contributed by atoms with E-state index in [0.717, 1.165) is 23.5 Å². The predicted molar refractivity (Wildman–Crippen MR) is 108 cm³/mol.